The van der Waals surface area contributed by atoms with Gasteiger partial charge in [0.05, 0.1) is 17.7 Å². The Morgan fingerprint density at radius 2 is 2.00 bits per heavy atom. The van der Waals surface area contributed by atoms with Crippen LogP contribution >= 0.6 is 11.8 Å². The van der Waals surface area contributed by atoms with Crippen molar-refractivity contribution in [1.82, 2.24) is 5.32 Å². The van der Waals surface area contributed by atoms with E-state index in [0.717, 1.165) is 11.3 Å². The van der Waals surface area contributed by atoms with Crippen molar-refractivity contribution >= 4 is 34.6 Å². The van der Waals surface area contributed by atoms with Gasteiger partial charge in [-0.05, 0) is 59.8 Å². The van der Waals surface area contributed by atoms with Gasteiger partial charge in [-0.1, -0.05) is 12.1 Å². The third kappa shape index (κ3) is 3.78. The standard InChI is InChI=1S/C17H13FN2O2S/c1-22-14-4-2-3-11(9-14)10-15-16(21)20-17(23-15)19-13-7-5-12(18)6-8-13/h2-10H,1H3,(H,19,20,21)/b15-10-. The number of methoxy groups -OCH3 is 1. The Balaban J connectivity index is 1.81. The van der Waals surface area contributed by atoms with Crippen molar-refractivity contribution in [1.29, 1.82) is 0 Å². The Bertz CT molecular complexity index is 800. The zero-order valence-corrected chi connectivity index (χ0v) is 13.1. The molecule has 116 valence electrons. The van der Waals surface area contributed by atoms with E-state index in [-0.39, 0.29) is 11.7 Å². The van der Waals surface area contributed by atoms with Gasteiger partial charge >= 0.3 is 0 Å². The molecular weight excluding hydrogens is 315 g/mol. The zero-order chi connectivity index (χ0) is 16.2. The summed E-state index contributed by atoms with van der Waals surface area (Å²) in [5.41, 5.74) is 1.45. The molecule has 0 bridgehead atoms. The van der Waals surface area contributed by atoms with Crippen LogP contribution in [0.2, 0.25) is 0 Å². The summed E-state index contributed by atoms with van der Waals surface area (Å²) in [6, 6.07) is 13.2. The number of rotatable bonds is 3. The Morgan fingerprint density at radius 3 is 2.74 bits per heavy atom. The summed E-state index contributed by atoms with van der Waals surface area (Å²) in [4.78, 5) is 16.8. The first-order chi connectivity index (χ1) is 11.1. The molecule has 23 heavy (non-hydrogen) atoms. The van der Waals surface area contributed by atoms with Gasteiger partial charge in [0, 0.05) is 0 Å². The smallest absolute Gasteiger partial charge is 0.264 e. The van der Waals surface area contributed by atoms with Crippen molar-refractivity contribution < 1.29 is 13.9 Å². The summed E-state index contributed by atoms with van der Waals surface area (Å²) >= 11 is 1.24. The molecule has 0 aromatic heterocycles. The lowest BCUT2D eigenvalue weighted by Gasteiger charge is -2.00. The van der Waals surface area contributed by atoms with Gasteiger partial charge in [0.2, 0.25) is 0 Å². The lowest BCUT2D eigenvalue weighted by molar-refractivity contribution is -0.115. The number of hydrogen-bond acceptors (Lipinski definition) is 4. The van der Waals surface area contributed by atoms with Crippen LogP contribution in [0.15, 0.2) is 58.4 Å². The van der Waals surface area contributed by atoms with Crippen LogP contribution in [0.3, 0.4) is 0 Å². The van der Waals surface area contributed by atoms with E-state index in [1.54, 1.807) is 25.3 Å². The van der Waals surface area contributed by atoms with E-state index in [0.29, 0.717) is 15.8 Å². The summed E-state index contributed by atoms with van der Waals surface area (Å²) in [5.74, 6) is 0.192. The lowest BCUT2D eigenvalue weighted by Crippen LogP contribution is -2.19. The topological polar surface area (TPSA) is 50.7 Å². The first kappa shape index (κ1) is 15.3. The molecule has 2 aromatic carbocycles. The highest BCUT2D eigenvalue weighted by Crippen LogP contribution is 2.28. The average molecular weight is 328 g/mol. The SMILES string of the molecule is COc1cccc(/C=C2\SC(=Nc3ccc(F)cc3)NC2=O)c1. The summed E-state index contributed by atoms with van der Waals surface area (Å²) in [6.45, 7) is 0. The molecule has 3 rings (SSSR count). The second-order valence-electron chi connectivity index (χ2n) is 4.73. The van der Waals surface area contributed by atoms with Crippen molar-refractivity contribution in [2.24, 2.45) is 4.99 Å². The minimum atomic E-state index is -0.323. The van der Waals surface area contributed by atoms with Gasteiger partial charge in [-0.15, -0.1) is 0 Å². The number of carbonyl (C=O) groups is 1. The molecular formula is C17H13FN2O2S. The van der Waals surface area contributed by atoms with Gasteiger partial charge in [0.1, 0.15) is 11.6 Å². The molecule has 1 amide bonds. The van der Waals surface area contributed by atoms with Gasteiger partial charge < -0.3 is 10.1 Å². The molecule has 1 aliphatic rings. The monoisotopic (exact) mass is 328 g/mol. The molecule has 2 aromatic rings. The number of nitrogens with one attached hydrogen (secondary N) is 1. The molecule has 1 fully saturated rings. The maximum absolute atomic E-state index is 12.9. The Labute approximate surface area is 137 Å². The van der Waals surface area contributed by atoms with Gasteiger partial charge in [0.25, 0.3) is 5.91 Å². The Morgan fingerprint density at radius 1 is 1.22 bits per heavy atom. The molecule has 4 nitrogen and oxygen atoms in total. The van der Waals surface area contributed by atoms with Crippen molar-refractivity contribution in [3.63, 3.8) is 0 Å². The summed E-state index contributed by atoms with van der Waals surface area (Å²) in [5, 5.41) is 3.16. The van der Waals surface area contributed by atoms with E-state index in [4.69, 9.17) is 4.74 Å². The Kier molecular flexibility index (Phi) is 4.43. The van der Waals surface area contributed by atoms with Gasteiger partial charge in [-0.25, -0.2) is 9.38 Å². The highest BCUT2D eigenvalue weighted by Gasteiger charge is 2.23. The van der Waals surface area contributed by atoms with Gasteiger partial charge in [-0.3, -0.25) is 4.79 Å². The number of halogens is 1. The summed E-state index contributed by atoms with van der Waals surface area (Å²) in [6.07, 6.45) is 1.77. The molecule has 0 unspecified atom stereocenters. The molecule has 6 heteroatoms. The molecule has 0 saturated carbocycles. The lowest BCUT2D eigenvalue weighted by atomic mass is 10.2. The van der Waals surface area contributed by atoms with Crippen molar-refractivity contribution in [3.8, 4) is 5.75 Å². The normalized spacial score (nSPS) is 17.6. The van der Waals surface area contributed by atoms with Crippen molar-refractivity contribution in [2.75, 3.05) is 7.11 Å². The highest BCUT2D eigenvalue weighted by atomic mass is 32.2. The number of carbonyl (C=O) groups excluding carboxylic acids is 1. The number of benzene rings is 2. The Hall–Kier alpha value is -2.60. The van der Waals surface area contributed by atoms with Crippen LogP contribution in [-0.4, -0.2) is 18.2 Å². The molecule has 1 heterocycles. The van der Waals surface area contributed by atoms with Crippen molar-refractivity contribution in [2.45, 2.75) is 0 Å². The number of amidine groups is 1. The fourth-order valence-electron chi connectivity index (χ4n) is 2.00. The first-order valence-corrected chi connectivity index (χ1v) is 7.65. The quantitative estimate of drug-likeness (QED) is 0.874. The van der Waals surface area contributed by atoms with E-state index < -0.39 is 0 Å². The second kappa shape index (κ2) is 6.66. The van der Waals surface area contributed by atoms with Crippen LogP contribution in [0, 0.1) is 5.82 Å². The van der Waals surface area contributed by atoms with Crippen LogP contribution in [0.1, 0.15) is 5.56 Å². The van der Waals surface area contributed by atoms with E-state index in [1.165, 1.54) is 23.9 Å². The fourth-order valence-corrected chi connectivity index (χ4v) is 2.84. The minimum Gasteiger partial charge on any atom is -0.497 e. The fraction of sp³-hybridized carbons (Fsp3) is 0.0588. The van der Waals surface area contributed by atoms with E-state index >= 15 is 0 Å². The van der Waals surface area contributed by atoms with Crippen LogP contribution in [0.25, 0.3) is 6.08 Å². The molecule has 0 spiro atoms. The summed E-state index contributed by atoms with van der Waals surface area (Å²) in [7, 11) is 1.59. The first-order valence-electron chi connectivity index (χ1n) is 6.83. The van der Waals surface area contributed by atoms with E-state index in [2.05, 4.69) is 10.3 Å². The molecule has 1 saturated heterocycles. The van der Waals surface area contributed by atoms with Crippen LogP contribution in [0.5, 0.6) is 5.75 Å². The number of aliphatic imine (C=N–C) groups is 1. The number of nitrogens with zero attached hydrogens (tertiary/aromatic N) is 1. The third-order valence-electron chi connectivity index (χ3n) is 3.10. The number of amides is 1. The molecule has 0 atom stereocenters. The highest BCUT2D eigenvalue weighted by molar-refractivity contribution is 8.18. The van der Waals surface area contributed by atoms with Gasteiger partial charge in [0.15, 0.2) is 5.17 Å². The minimum absolute atomic E-state index is 0.210. The zero-order valence-electron chi connectivity index (χ0n) is 12.2. The van der Waals surface area contributed by atoms with E-state index in [9.17, 15) is 9.18 Å². The van der Waals surface area contributed by atoms with Crippen LogP contribution < -0.4 is 10.1 Å². The molecule has 1 aliphatic heterocycles. The van der Waals surface area contributed by atoms with Crippen molar-refractivity contribution in [3.05, 3.63) is 64.8 Å². The number of hydrogen-bond donors (Lipinski definition) is 1. The average Bonchev–Trinajstić information content (AvgIpc) is 2.89. The maximum atomic E-state index is 12.9. The van der Waals surface area contributed by atoms with Crippen LogP contribution in [0.4, 0.5) is 10.1 Å². The van der Waals surface area contributed by atoms with E-state index in [1.807, 2.05) is 24.3 Å². The summed E-state index contributed by atoms with van der Waals surface area (Å²) < 4.78 is 18.1. The van der Waals surface area contributed by atoms with Crippen LogP contribution in [-0.2, 0) is 4.79 Å². The van der Waals surface area contributed by atoms with Gasteiger partial charge in [-0.2, -0.15) is 0 Å². The molecule has 1 N–H and O–H groups in total. The predicted octanol–water partition coefficient (Wildman–Crippen LogP) is 3.73. The molecule has 0 radical (unpaired) electrons. The number of ether oxygens (including phenoxy) is 1. The largest absolute Gasteiger partial charge is 0.497 e. The predicted molar refractivity (Wildman–Crippen MR) is 90.2 cm³/mol. The second-order valence-corrected chi connectivity index (χ2v) is 5.77. The molecule has 0 aliphatic carbocycles. The maximum Gasteiger partial charge on any atom is 0.264 e. The third-order valence-corrected chi connectivity index (χ3v) is 4.01. The number of thioether (sulfide) groups is 1.